The Kier molecular flexibility index (Phi) is 4.41. The second kappa shape index (κ2) is 6.45. The number of amides is 1. The molecule has 5 heteroatoms. The van der Waals surface area contributed by atoms with E-state index in [0.29, 0.717) is 6.61 Å². The molecule has 0 aromatic heterocycles. The number of hydrogen-bond acceptors (Lipinski definition) is 4. The Morgan fingerprint density at radius 3 is 2.86 bits per heavy atom. The summed E-state index contributed by atoms with van der Waals surface area (Å²) < 4.78 is 11.1. The number of benzene rings is 1. The molecule has 0 saturated carbocycles. The average Bonchev–Trinajstić information content (AvgIpc) is 2.85. The van der Waals surface area contributed by atoms with E-state index in [1.165, 1.54) is 0 Å². The van der Waals surface area contributed by atoms with Crippen LogP contribution >= 0.6 is 0 Å². The molecule has 1 amide bonds. The van der Waals surface area contributed by atoms with Crippen molar-refractivity contribution >= 4 is 5.91 Å². The van der Waals surface area contributed by atoms with Crippen LogP contribution in [-0.4, -0.2) is 61.7 Å². The van der Waals surface area contributed by atoms with Crippen LogP contribution in [0, 0.1) is 0 Å². The van der Waals surface area contributed by atoms with Crippen molar-refractivity contribution in [2.24, 2.45) is 0 Å². The van der Waals surface area contributed by atoms with Crippen LogP contribution in [0.15, 0.2) is 18.2 Å². The summed E-state index contributed by atoms with van der Waals surface area (Å²) in [5, 5.41) is 0. The number of carbonyl (C=O) groups is 1. The summed E-state index contributed by atoms with van der Waals surface area (Å²) in [5.41, 5.74) is 1.89. The molecule has 114 valence electrons. The van der Waals surface area contributed by atoms with Crippen molar-refractivity contribution in [1.82, 2.24) is 9.80 Å². The summed E-state index contributed by atoms with van der Waals surface area (Å²) >= 11 is 0. The Hall–Kier alpha value is -1.59. The number of nitrogens with zero attached hydrogens (tertiary/aromatic N) is 2. The van der Waals surface area contributed by atoms with Crippen LogP contribution in [0.4, 0.5) is 0 Å². The fourth-order valence-electron chi connectivity index (χ4n) is 2.80. The van der Waals surface area contributed by atoms with Crippen molar-refractivity contribution in [1.29, 1.82) is 0 Å². The summed E-state index contributed by atoms with van der Waals surface area (Å²) in [7, 11) is 0. The molecular formula is C16H22N2O3. The lowest BCUT2D eigenvalue weighted by atomic mass is 10.1. The van der Waals surface area contributed by atoms with Crippen molar-refractivity contribution < 1.29 is 14.3 Å². The smallest absolute Gasteiger partial charge is 0.254 e. The van der Waals surface area contributed by atoms with Crippen LogP contribution < -0.4 is 4.74 Å². The van der Waals surface area contributed by atoms with Crippen LogP contribution in [0.3, 0.4) is 0 Å². The SMILES string of the molecule is CCN1Cc2ccc(OCCN3CCOCC3)cc2C1=O. The van der Waals surface area contributed by atoms with E-state index in [1.54, 1.807) is 0 Å². The molecule has 1 fully saturated rings. The van der Waals surface area contributed by atoms with Gasteiger partial charge in [0, 0.05) is 38.3 Å². The zero-order valence-corrected chi connectivity index (χ0v) is 12.5. The highest BCUT2D eigenvalue weighted by molar-refractivity contribution is 5.98. The molecule has 0 aliphatic carbocycles. The molecule has 0 bridgehead atoms. The third-order valence-corrected chi connectivity index (χ3v) is 4.12. The lowest BCUT2D eigenvalue weighted by Gasteiger charge is -2.26. The maximum absolute atomic E-state index is 12.1. The van der Waals surface area contributed by atoms with Gasteiger partial charge in [0.2, 0.25) is 0 Å². The highest BCUT2D eigenvalue weighted by Gasteiger charge is 2.26. The predicted molar refractivity (Wildman–Crippen MR) is 79.6 cm³/mol. The van der Waals surface area contributed by atoms with Crippen LogP contribution in [-0.2, 0) is 11.3 Å². The molecule has 0 N–H and O–H groups in total. The molecule has 0 unspecified atom stereocenters. The quantitative estimate of drug-likeness (QED) is 0.821. The topological polar surface area (TPSA) is 42.0 Å². The minimum atomic E-state index is 0.117. The summed E-state index contributed by atoms with van der Waals surface area (Å²) in [6.07, 6.45) is 0. The van der Waals surface area contributed by atoms with Crippen molar-refractivity contribution in [3.8, 4) is 5.75 Å². The van der Waals surface area contributed by atoms with Gasteiger partial charge in [0.05, 0.1) is 13.2 Å². The zero-order valence-electron chi connectivity index (χ0n) is 12.5. The third kappa shape index (κ3) is 3.19. The van der Waals surface area contributed by atoms with Gasteiger partial charge in [0.1, 0.15) is 12.4 Å². The van der Waals surface area contributed by atoms with E-state index >= 15 is 0 Å². The molecule has 0 radical (unpaired) electrons. The number of rotatable bonds is 5. The molecule has 1 saturated heterocycles. The Morgan fingerprint density at radius 1 is 1.29 bits per heavy atom. The third-order valence-electron chi connectivity index (χ3n) is 4.12. The van der Waals surface area contributed by atoms with Gasteiger partial charge in [-0.15, -0.1) is 0 Å². The first-order valence-electron chi connectivity index (χ1n) is 7.63. The standard InChI is InChI=1S/C16H22N2O3/c1-2-18-12-13-3-4-14(11-15(13)16(18)19)21-10-7-17-5-8-20-9-6-17/h3-4,11H,2,5-10,12H2,1H3. The molecule has 1 aromatic rings. The summed E-state index contributed by atoms with van der Waals surface area (Å²) in [6.45, 7) is 8.57. The van der Waals surface area contributed by atoms with Gasteiger partial charge in [-0.05, 0) is 24.6 Å². The summed E-state index contributed by atoms with van der Waals surface area (Å²) in [4.78, 5) is 16.3. The van der Waals surface area contributed by atoms with E-state index < -0.39 is 0 Å². The number of ether oxygens (including phenoxy) is 2. The van der Waals surface area contributed by atoms with Crippen LogP contribution in [0.25, 0.3) is 0 Å². The molecule has 0 spiro atoms. The Labute approximate surface area is 125 Å². The van der Waals surface area contributed by atoms with Gasteiger partial charge in [0.25, 0.3) is 5.91 Å². The van der Waals surface area contributed by atoms with Gasteiger partial charge >= 0.3 is 0 Å². The molecule has 3 rings (SSSR count). The minimum Gasteiger partial charge on any atom is -0.492 e. The van der Waals surface area contributed by atoms with E-state index in [9.17, 15) is 4.79 Å². The van der Waals surface area contributed by atoms with Crippen molar-refractivity contribution in [3.05, 3.63) is 29.3 Å². The fourth-order valence-corrected chi connectivity index (χ4v) is 2.80. The van der Waals surface area contributed by atoms with Gasteiger partial charge < -0.3 is 14.4 Å². The van der Waals surface area contributed by atoms with E-state index in [-0.39, 0.29) is 5.91 Å². The first-order valence-corrected chi connectivity index (χ1v) is 7.63. The van der Waals surface area contributed by atoms with Crippen LogP contribution in [0.2, 0.25) is 0 Å². The zero-order chi connectivity index (χ0) is 14.7. The number of fused-ring (bicyclic) bond motifs is 1. The first kappa shape index (κ1) is 14.4. The van der Waals surface area contributed by atoms with Gasteiger partial charge in [0.15, 0.2) is 0 Å². The number of hydrogen-bond donors (Lipinski definition) is 0. The first-order chi connectivity index (χ1) is 10.3. The molecule has 0 atom stereocenters. The second-order valence-corrected chi connectivity index (χ2v) is 5.44. The highest BCUT2D eigenvalue weighted by atomic mass is 16.5. The largest absolute Gasteiger partial charge is 0.492 e. The summed E-state index contributed by atoms with van der Waals surface area (Å²) in [5.74, 6) is 0.902. The minimum absolute atomic E-state index is 0.117. The molecule has 21 heavy (non-hydrogen) atoms. The van der Waals surface area contributed by atoms with Gasteiger partial charge in [-0.3, -0.25) is 9.69 Å². The number of carbonyl (C=O) groups excluding carboxylic acids is 1. The lowest BCUT2D eigenvalue weighted by molar-refractivity contribution is 0.0322. The van der Waals surface area contributed by atoms with Crippen LogP contribution in [0.1, 0.15) is 22.8 Å². The summed E-state index contributed by atoms with van der Waals surface area (Å²) in [6, 6.07) is 5.85. The molecule has 1 aromatic carbocycles. The Bertz CT molecular complexity index is 512. The van der Waals surface area contributed by atoms with Gasteiger partial charge in [-0.1, -0.05) is 6.07 Å². The van der Waals surface area contributed by atoms with Crippen molar-refractivity contribution in [2.45, 2.75) is 13.5 Å². The van der Waals surface area contributed by atoms with E-state index in [1.807, 2.05) is 30.0 Å². The predicted octanol–water partition coefficient (Wildman–Crippen LogP) is 1.37. The maximum atomic E-state index is 12.1. The van der Waals surface area contributed by atoms with Crippen LogP contribution in [0.5, 0.6) is 5.75 Å². The maximum Gasteiger partial charge on any atom is 0.254 e. The van der Waals surface area contributed by atoms with E-state index in [0.717, 1.165) is 62.8 Å². The molecule has 2 aliphatic rings. The fraction of sp³-hybridized carbons (Fsp3) is 0.562. The van der Waals surface area contributed by atoms with E-state index in [2.05, 4.69) is 4.90 Å². The average molecular weight is 290 g/mol. The van der Waals surface area contributed by atoms with Crippen molar-refractivity contribution in [2.75, 3.05) is 46.0 Å². The highest BCUT2D eigenvalue weighted by Crippen LogP contribution is 2.26. The van der Waals surface area contributed by atoms with Gasteiger partial charge in [-0.25, -0.2) is 0 Å². The lowest BCUT2D eigenvalue weighted by Crippen LogP contribution is -2.38. The molecule has 5 nitrogen and oxygen atoms in total. The van der Waals surface area contributed by atoms with Gasteiger partial charge in [-0.2, -0.15) is 0 Å². The Morgan fingerprint density at radius 2 is 2.10 bits per heavy atom. The molecule has 2 heterocycles. The van der Waals surface area contributed by atoms with E-state index in [4.69, 9.17) is 9.47 Å². The molecule has 2 aliphatic heterocycles. The van der Waals surface area contributed by atoms with Crippen molar-refractivity contribution in [3.63, 3.8) is 0 Å². The second-order valence-electron chi connectivity index (χ2n) is 5.44. The monoisotopic (exact) mass is 290 g/mol. The Balaban J connectivity index is 1.55. The normalized spacial score (nSPS) is 18.9. The number of morpholine rings is 1. The molecular weight excluding hydrogens is 268 g/mol.